The summed E-state index contributed by atoms with van der Waals surface area (Å²) in [5.41, 5.74) is 4.52. The molecule has 98 valence electrons. The molecule has 17 heavy (non-hydrogen) atoms. The molecule has 0 N–H and O–H groups in total. The van der Waals surface area contributed by atoms with Crippen molar-refractivity contribution < 1.29 is 4.84 Å². The Morgan fingerprint density at radius 2 is 1.71 bits per heavy atom. The van der Waals surface area contributed by atoms with Gasteiger partial charge in [-0.2, -0.15) is 0 Å². The number of hydrogen-bond donors (Lipinski definition) is 0. The van der Waals surface area contributed by atoms with E-state index in [1.165, 1.54) is 16.7 Å². The fourth-order valence-corrected chi connectivity index (χ4v) is 7.14. The Bertz CT molecular complexity index is 364. The van der Waals surface area contributed by atoms with Crippen molar-refractivity contribution in [2.24, 2.45) is 5.92 Å². The van der Waals surface area contributed by atoms with Gasteiger partial charge in [-0.25, -0.2) is 4.73 Å². The van der Waals surface area contributed by atoms with E-state index >= 15 is 0 Å². The van der Waals surface area contributed by atoms with Crippen molar-refractivity contribution in [1.82, 2.24) is 4.73 Å². The molecule has 0 aromatic rings. The maximum Gasteiger partial charge on any atom is 0.181 e. The van der Waals surface area contributed by atoms with E-state index in [9.17, 15) is 0 Å². The molecule has 1 rings (SSSR count). The Hall–Kier alpha value is -0.383. The molecule has 0 spiro atoms. The van der Waals surface area contributed by atoms with Crippen molar-refractivity contribution in [3.05, 3.63) is 21.9 Å². The number of nitrogens with zero attached hydrogens (tertiary/aromatic N) is 1. The minimum atomic E-state index is -1.66. The molecule has 1 unspecified atom stereocenters. The molecule has 0 bridgehead atoms. The SMILES string of the molecule is CCN(OC)[Si](C)(C)C1=C(C)C(C)=C(C)C1C. The molecule has 1 aliphatic carbocycles. The van der Waals surface area contributed by atoms with Crippen molar-refractivity contribution in [1.29, 1.82) is 0 Å². The van der Waals surface area contributed by atoms with E-state index in [0.717, 1.165) is 6.54 Å². The van der Waals surface area contributed by atoms with E-state index in [0.29, 0.717) is 5.92 Å². The second-order valence-electron chi connectivity index (χ2n) is 5.50. The molecule has 3 heteroatoms. The van der Waals surface area contributed by atoms with Crippen LogP contribution in [0, 0.1) is 5.92 Å². The molecular weight excluding hydrogens is 226 g/mol. The normalized spacial score (nSPS) is 22.1. The summed E-state index contributed by atoms with van der Waals surface area (Å²) in [6.07, 6.45) is 0. The van der Waals surface area contributed by atoms with Gasteiger partial charge in [0, 0.05) is 6.54 Å². The lowest BCUT2D eigenvalue weighted by atomic mass is 10.1. The molecule has 0 amide bonds. The summed E-state index contributed by atoms with van der Waals surface area (Å²) >= 11 is 0. The first-order valence-electron chi connectivity index (χ1n) is 6.49. The maximum absolute atomic E-state index is 5.59. The summed E-state index contributed by atoms with van der Waals surface area (Å²) < 4.78 is 2.20. The van der Waals surface area contributed by atoms with Gasteiger partial charge in [-0.05, 0) is 32.3 Å². The van der Waals surface area contributed by atoms with Crippen LogP contribution in [-0.4, -0.2) is 26.6 Å². The Labute approximate surface area is 107 Å². The average Bonchev–Trinajstić information content (AvgIpc) is 2.45. The summed E-state index contributed by atoms with van der Waals surface area (Å²) in [6.45, 7) is 17.0. The molecule has 0 aromatic heterocycles. The van der Waals surface area contributed by atoms with Gasteiger partial charge in [-0.15, -0.1) is 0 Å². The minimum absolute atomic E-state index is 0.584. The van der Waals surface area contributed by atoms with Gasteiger partial charge in [-0.3, -0.25) is 0 Å². The highest BCUT2D eigenvalue weighted by molar-refractivity contribution is 6.81. The molecule has 1 atom stereocenters. The summed E-state index contributed by atoms with van der Waals surface area (Å²) in [6, 6.07) is 0. The van der Waals surface area contributed by atoms with Crippen molar-refractivity contribution >= 4 is 8.24 Å². The van der Waals surface area contributed by atoms with E-state index < -0.39 is 8.24 Å². The minimum Gasteiger partial charge on any atom is -0.309 e. The first kappa shape index (κ1) is 14.7. The van der Waals surface area contributed by atoms with Crippen molar-refractivity contribution in [2.75, 3.05) is 13.7 Å². The quantitative estimate of drug-likeness (QED) is 0.556. The van der Waals surface area contributed by atoms with Gasteiger partial charge in [0.25, 0.3) is 0 Å². The molecule has 0 saturated carbocycles. The summed E-state index contributed by atoms with van der Waals surface area (Å²) in [5.74, 6) is 0.584. The van der Waals surface area contributed by atoms with Crippen LogP contribution >= 0.6 is 0 Å². The standard InChI is InChI=1S/C14H27NOSi/c1-9-15(16-6)17(7,8)14-12(4)10(2)11(3)13(14)5/h12H,9H2,1-8H3. The molecular formula is C14H27NOSi. The van der Waals surface area contributed by atoms with E-state index in [1.807, 2.05) is 0 Å². The Morgan fingerprint density at radius 3 is 2.00 bits per heavy atom. The van der Waals surface area contributed by atoms with Crippen LogP contribution in [0.2, 0.25) is 13.1 Å². The monoisotopic (exact) mass is 253 g/mol. The number of hydroxylamine groups is 1. The molecule has 1 aliphatic rings. The van der Waals surface area contributed by atoms with Gasteiger partial charge in [0.15, 0.2) is 8.24 Å². The third-order valence-electron chi connectivity index (χ3n) is 4.43. The first-order chi connectivity index (χ1) is 7.78. The van der Waals surface area contributed by atoms with Crippen LogP contribution < -0.4 is 0 Å². The van der Waals surface area contributed by atoms with Gasteiger partial charge >= 0.3 is 0 Å². The lowest BCUT2D eigenvalue weighted by Gasteiger charge is -2.37. The lowest BCUT2D eigenvalue weighted by Crippen LogP contribution is -2.51. The molecule has 0 fully saturated rings. The van der Waals surface area contributed by atoms with Crippen molar-refractivity contribution in [2.45, 2.75) is 47.7 Å². The molecule has 0 aliphatic heterocycles. The molecule has 2 nitrogen and oxygen atoms in total. The van der Waals surface area contributed by atoms with Gasteiger partial charge in [0.05, 0.1) is 7.11 Å². The topological polar surface area (TPSA) is 12.5 Å². The highest BCUT2D eigenvalue weighted by atomic mass is 28.3. The molecule has 0 radical (unpaired) electrons. The van der Waals surface area contributed by atoms with Crippen LogP contribution in [0.5, 0.6) is 0 Å². The van der Waals surface area contributed by atoms with E-state index in [-0.39, 0.29) is 0 Å². The summed E-state index contributed by atoms with van der Waals surface area (Å²) in [5, 5.41) is 1.64. The highest BCUT2D eigenvalue weighted by Gasteiger charge is 2.40. The van der Waals surface area contributed by atoms with E-state index in [2.05, 4.69) is 52.4 Å². The zero-order chi connectivity index (χ0) is 13.4. The van der Waals surface area contributed by atoms with Gasteiger partial charge in [0.1, 0.15) is 0 Å². The van der Waals surface area contributed by atoms with E-state index in [1.54, 1.807) is 12.3 Å². The first-order valence-corrected chi connectivity index (χ1v) is 9.44. The van der Waals surface area contributed by atoms with Crippen LogP contribution in [0.15, 0.2) is 21.9 Å². The van der Waals surface area contributed by atoms with Crippen LogP contribution in [0.25, 0.3) is 0 Å². The molecule has 0 saturated heterocycles. The van der Waals surface area contributed by atoms with E-state index in [4.69, 9.17) is 4.84 Å². The number of hydrogen-bond acceptors (Lipinski definition) is 2. The van der Waals surface area contributed by atoms with Crippen LogP contribution in [0.3, 0.4) is 0 Å². The molecule has 0 aromatic carbocycles. The van der Waals surface area contributed by atoms with Crippen LogP contribution in [0.1, 0.15) is 34.6 Å². The summed E-state index contributed by atoms with van der Waals surface area (Å²) in [7, 11) is 0.132. The average molecular weight is 253 g/mol. The smallest absolute Gasteiger partial charge is 0.181 e. The predicted molar refractivity (Wildman–Crippen MR) is 77.1 cm³/mol. The second kappa shape index (κ2) is 5.08. The lowest BCUT2D eigenvalue weighted by molar-refractivity contribution is -0.0565. The number of allylic oxidation sites excluding steroid dienone is 4. The maximum atomic E-state index is 5.59. The Kier molecular flexibility index (Phi) is 4.39. The van der Waals surface area contributed by atoms with Crippen LogP contribution in [0.4, 0.5) is 0 Å². The Balaban J connectivity index is 3.18. The predicted octanol–water partition coefficient (Wildman–Crippen LogP) is 3.92. The fraction of sp³-hybridized carbons (Fsp3) is 0.714. The zero-order valence-electron chi connectivity index (χ0n) is 12.6. The Morgan fingerprint density at radius 1 is 1.18 bits per heavy atom. The largest absolute Gasteiger partial charge is 0.309 e. The van der Waals surface area contributed by atoms with Crippen molar-refractivity contribution in [3.8, 4) is 0 Å². The number of rotatable bonds is 4. The van der Waals surface area contributed by atoms with Gasteiger partial charge < -0.3 is 4.84 Å². The van der Waals surface area contributed by atoms with Crippen LogP contribution in [-0.2, 0) is 4.84 Å². The van der Waals surface area contributed by atoms with Gasteiger partial charge in [-0.1, -0.05) is 43.3 Å². The zero-order valence-corrected chi connectivity index (χ0v) is 13.6. The third-order valence-corrected chi connectivity index (χ3v) is 8.30. The highest BCUT2D eigenvalue weighted by Crippen LogP contribution is 2.42. The molecule has 0 heterocycles. The van der Waals surface area contributed by atoms with Crippen molar-refractivity contribution in [3.63, 3.8) is 0 Å². The third kappa shape index (κ3) is 2.28. The second-order valence-corrected chi connectivity index (χ2v) is 9.66. The summed E-state index contributed by atoms with van der Waals surface area (Å²) in [4.78, 5) is 5.59. The fourth-order valence-electron chi connectivity index (χ4n) is 3.24. The van der Waals surface area contributed by atoms with Gasteiger partial charge in [0.2, 0.25) is 0 Å².